The van der Waals surface area contributed by atoms with E-state index in [4.69, 9.17) is 0 Å². The molecule has 0 N–H and O–H groups in total. The minimum Gasteiger partial charge on any atom is -0.301 e. The Kier molecular flexibility index (Phi) is 2.70. The summed E-state index contributed by atoms with van der Waals surface area (Å²) in [6.07, 6.45) is 1.02. The van der Waals surface area contributed by atoms with E-state index in [-0.39, 0.29) is 5.41 Å². The highest BCUT2D eigenvalue weighted by molar-refractivity contribution is 9.11. The van der Waals surface area contributed by atoms with Gasteiger partial charge < -0.3 is 4.90 Å². The van der Waals surface area contributed by atoms with Crippen LogP contribution in [0, 0.1) is 0 Å². The standard InChI is InChI=1S/C20H16BrNS/c1-20(2)14-8-5-7-13-10-12-6-3-4-9-16(12)22(18(13)14)19-15(20)11-17(21)23-19/h3-9,11H,10H2,1-2H3. The summed E-state index contributed by atoms with van der Waals surface area (Å²) in [5, 5.41) is 1.36. The highest BCUT2D eigenvalue weighted by Crippen LogP contribution is 2.58. The normalized spacial score (nSPS) is 16.6. The Hall–Kier alpha value is -1.58. The van der Waals surface area contributed by atoms with Gasteiger partial charge in [0, 0.05) is 11.8 Å². The van der Waals surface area contributed by atoms with Gasteiger partial charge in [-0.15, -0.1) is 11.3 Å². The summed E-state index contributed by atoms with van der Waals surface area (Å²) in [6.45, 7) is 4.69. The summed E-state index contributed by atoms with van der Waals surface area (Å²) in [4.78, 5) is 2.49. The Morgan fingerprint density at radius 1 is 1.00 bits per heavy atom. The van der Waals surface area contributed by atoms with Crippen molar-refractivity contribution in [3.8, 4) is 0 Å². The molecule has 2 aliphatic heterocycles. The van der Waals surface area contributed by atoms with Crippen LogP contribution in [0.2, 0.25) is 0 Å². The molecular weight excluding hydrogens is 366 g/mol. The Bertz CT molecular complexity index is 954. The van der Waals surface area contributed by atoms with Crippen molar-refractivity contribution in [1.82, 2.24) is 0 Å². The van der Waals surface area contributed by atoms with Crippen molar-refractivity contribution < 1.29 is 0 Å². The minimum atomic E-state index is 0.0337. The molecule has 1 nitrogen and oxygen atoms in total. The zero-order valence-electron chi connectivity index (χ0n) is 13.1. The first-order valence-corrected chi connectivity index (χ1v) is 9.48. The van der Waals surface area contributed by atoms with Gasteiger partial charge in [-0.05, 0) is 50.3 Å². The van der Waals surface area contributed by atoms with Crippen LogP contribution in [0.4, 0.5) is 16.4 Å². The first-order chi connectivity index (χ1) is 11.1. The first kappa shape index (κ1) is 13.8. The molecule has 0 unspecified atom stereocenters. The molecule has 3 heteroatoms. The minimum absolute atomic E-state index is 0.0337. The number of nitrogens with zero attached hydrogens (tertiary/aromatic N) is 1. The molecule has 2 aromatic carbocycles. The summed E-state index contributed by atoms with van der Waals surface area (Å²) in [5.74, 6) is 0. The lowest BCUT2D eigenvalue weighted by Gasteiger charge is -2.43. The maximum atomic E-state index is 3.71. The van der Waals surface area contributed by atoms with E-state index in [1.165, 1.54) is 42.4 Å². The molecule has 114 valence electrons. The van der Waals surface area contributed by atoms with Crippen LogP contribution in [-0.2, 0) is 11.8 Å². The maximum absolute atomic E-state index is 3.71. The number of thiophene rings is 1. The summed E-state index contributed by atoms with van der Waals surface area (Å²) < 4.78 is 1.20. The van der Waals surface area contributed by atoms with E-state index in [2.05, 4.69) is 83.2 Å². The van der Waals surface area contributed by atoms with Crippen LogP contribution in [-0.4, -0.2) is 0 Å². The molecule has 0 amide bonds. The second-order valence-electron chi connectivity index (χ2n) is 6.85. The number of halogens is 1. The number of para-hydroxylation sites is 2. The van der Waals surface area contributed by atoms with E-state index in [9.17, 15) is 0 Å². The molecule has 0 fully saturated rings. The van der Waals surface area contributed by atoms with E-state index in [1.807, 2.05) is 11.3 Å². The van der Waals surface area contributed by atoms with Crippen molar-refractivity contribution in [3.05, 3.63) is 74.6 Å². The van der Waals surface area contributed by atoms with Crippen molar-refractivity contribution in [3.63, 3.8) is 0 Å². The van der Waals surface area contributed by atoms with Crippen molar-refractivity contribution in [1.29, 1.82) is 0 Å². The average molecular weight is 382 g/mol. The topological polar surface area (TPSA) is 3.24 Å². The first-order valence-electron chi connectivity index (χ1n) is 7.87. The zero-order valence-corrected chi connectivity index (χ0v) is 15.5. The smallest absolute Gasteiger partial charge is 0.105 e. The zero-order chi connectivity index (χ0) is 15.8. The van der Waals surface area contributed by atoms with Gasteiger partial charge in [-0.1, -0.05) is 50.2 Å². The van der Waals surface area contributed by atoms with E-state index >= 15 is 0 Å². The van der Waals surface area contributed by atoms with E-state index < -0.39 is 0 Å². The van der Waals surface area contributed by atoms with Gasteiger partial charge in [0.15, 0.2) is 0 Å². The molecule has 23 heavy (non-hydrogen) atoms. The predicted molar refractivity (Wildman–Crippen MR) is 102 cm³/mol. The molecule has 1 aromatic heterocycles. The predicted octanol–water partition coefficient (Wildman–Crippen LogP) is 6.52. The van der Waals surface area contributed by atoms with Crippen LogP contribution in [0.25, 0.3) is 0 Å². The number of hydrogen-bond donors (Lipinski definition) is 0. The quantitative estimate of drug-likeness (QED) is 0.334. The summed E-state index contributed by atoms with van der Waals surface area (Å²) in [6, 6.07) is 17.9. The van der Waals surface area contributed by atoms with Crippen molar-refractivity contribution in [2.45, 2.75) is 25.7 Å². The van der Waals surface area contributed by atoms with Gasteiger partial charge in [0.2, 0.25) is 0 Å². The summed E-state index contributed by atoms with van der Waals surface area (Å²) >= 11 is 5.55. The average Bonchev–Trinajstić information content (AvgIpc) is 2.94. The highest BCUT2D eigenvalue weighted by Gasteiger charge is 2.41. The van der Waals surface area contributed by atoms with Gasteiger partial charge in [-0.2, -0.15) is 0 Å². The number of fused-ring (bicyclic) bond motifs is 4. The van der Waals surface area contributed by atoms with Crippen LogP contribution in [0.1, 0.15) is 36.1 Å². The fourth-order valence-corrected chi connectivity index (χ4v) is 5.78. The molecule has 3 aromatic rings. The molecule has 0 radical (unpaired) electrons. The van der Waals surface area contributed by atoms with Gasteiger partial charge in [-0.25, -0.2) is 0 Å². The van der Waals surface area contributed by atoms with Crippen molar-refractivity contribution >= 4 is 43.6 Å². The van der Waals surface area contributed by atoms with E-state index in [0.717, 1.165) is 6.42 Å². The van der Waals surface area contributed by atoms with Gasteiger partial charge >= 0.3 is 0 Å². The fourth-order valence-electron chi connectivity index (χ4n) is 4.03. The lowest BCUT2D eigenvalue weighted by molar-refractivity contribution is 0.632. The molecular formula is C20H16BrNS. The molecule has 0 saturated heterocycles. The number of hydrogen-bond acceptors (Lipinski definition) is 2. The molecule has 0 spiro atoms. The van der Waals surface area contributed by atoms with Crippen molar-refractivity contribution in [2.75, 3.05) is 4.90 Å². The lowest BCUT2D eigenvalue weighted by Crippen LogP contribution is -2.32. The lowest BCUT2D eigenvalue weighted by atomic mass is 9.73. The molecule has 0 aliphatic carbocycles. The van der Waals surface area contributed by atoms with Crippen molar-refractivity contribution in [2.24, 2.45) is 0 Å². The molecule has 5 rings (SSSR count). The third-order valence-electron chi connectivity index (χ3n) is 5.19. The third-order valence-corrected chi connectivity index (χ3v) is 6.81. The Balaban J connectivity index is 1.92. The number of benzene rings is 2. The third kappa shape index (κ3) is 1.72. The Morgan fingerprint density at radius 3 is 2.65 bits per heavy atom. The molecule has 2 aliphatic rings. The Labute approximate surface area is 148 Å². The monoisotopic (exact) mass is 381 g/mol. The fraction of sp³-hybridized carbons (Fsp3) is 0.200. The largest absolute Gasteiger partial charge is 0.301 e. The van der Waals surface area contributed by atoms with Crippen LogP contribution < -0.4 is 4.90 Å². The second-order valence-corrected chi connectivity index (χ2v) is 9.26. The SMILES string of the molecule is CC1(C)c2cc(Br)sc2N2c3ccccc3Cc3cccc1c32. The van der Waals surface area contributed by atoms with Gasteiger partial charge in [-0.3, -0.25) is 0 Å². The number of rotatable bonds is 0. The molecule has 0 bridgehead atoms. The summed E-state index contributed by atoms with van der Waals surface area (Å²) in [5.41, 5.74) is 8.46. The van der Waals surface area contributed by atoms with Crippen LogP contribution in [0.3, 0.4) is 0 Å². The highest BCUT2D eigenvalue weighted by atomic mass is 79.9. The summed E-state index contributed by atoms with van der Waals surface area (Å²) in [7, 11) is 0. The Morgan fingerprint density at radius 2 is 1.78 bits per heavy atom. The number of anilines is 3. The molecule has 3 heterocycles. The molecule has 0 saturated carbocycles. The van der Waals surface area contributed by atoms with E-state index in [0.29, 0.717) is 0 Å². The van der Waals surface area contributed by atoms with E-state index in [1.54, 1.807) is 0 Å². The second kappa shape index (κ2) is 4.49. The van der Waals surface area contributed by atoms with Crippen LogP contribution in [0.15, 0.2) is 52.3 Å². The van der Waals surface area contributed by atoms with Crippen LogP contribution >= 0.6 is 27.3 Å². The molecule has 0 atom stereocenters. The van der Waals surface area contributed by atoms with Crippen LogP contribution in [0.5, 0.6) is 0 Å². The maximum Gasteiger partial charge on any atom is 0.105 e. The van der Waals surface area contributed by atoms with Gasteiger partial charge in [0.25, 0.3) is 0 Å². The van der Waals surface area contributed by atoms with Gasteiger partial charge in [0.1, 0.15) is 5.00 Å². The van der Waals surface area contributed by atoms with Gasteiger partial charge in [0.05, 0.1) is 15.2 Å².